The topological polar surface area (TPSA) is 96.7 Å². The second kappa shape index (κ2) is 5.38. The molecule has 0 spiro atoms. The second-order valence-corrected chi connectivity index (χ2v) is 6.20. The van der Waals surface area contributed by atoms with E-state index in [9.17, 15) is 10.1 Å². The van der Waals surface area contributed by atoms with Gasteiger partial charge in [-0.3, -0.25) is 10.1 Å². The van der Waals surface area contributed by atoms with Crippen molar-refractivity contribution in [2.45, 2.75) is 6.04 Å². The van der Waals surface area contributed by atoms with Crippen molar-refractivity contribution >= 4 is 22.4 Å². The Hall–Kier alpha value is -3.74. The summed E-state index contributed by atoms with van der Waals surface area (Å²) in [6.45, 7) is 0. The molecule has 0 radical (unpaired) electrons. The van der Waals surface area contributed by atoms with Crippen molar-refractivity contribution < 1.29 is 4.92 Å². The van der Waals surface area contributed by atoms with Gasteiger partial charge in [0.1, 0.15) is 0 Å². The third-order valence-corrected chi connectivity index (χ3v) is 4.75. The first kappa shape index (κ1) is 14.6. The molecule has 1 aliphatic heterocycles. The molecule has 7 nitrogen and oxygen atoms in total. The van der Waals surface area contributed by atoms with E-state index in [-0.39, 0.29) is 16.7 Å². The van der Waals surface area contributed by atoms with Crippen LogP contribution in [0.3, 0.4) is 0 Å². The Bertz CT molecular complexity index is 1170. The minimum absolute atomic E-state index is 0.0710. The molecule has 0 amide bonds. The van der Waals surface area contributed by atoms with Crippen molar-refractivity contribution in [3.8, 4) is 11.1 Å². The van der Waals surface area contributed by atoms with Gasteiger partial charge >= 0.3 is 0 Å². The number of hydrogen-bond donors (Lipinski definition) is 2. The molecule has 0 aliphatic carbocycles. The van der Waals surface area contributed by atoms with Crippen LogP contribution in [0.25, 0.3) is 22.2 Å². The van der Waals surface area contributed by atoms with Crippen LogP contribution in [0.4, 0.5) is 11.4 Å². The minimum atomic E-state index is -0.375. The molecule has 7 heteroatoms. The van der Waals surface area contributed by atoms with Crippen molar-refractivity contribution in [2.75, 3.05) is 5.32 Å². The summed E-state index contributed by atoms with van der Waals surface area (Å²) in [6, 6.07) is 14.5. The number of nitrogens with one attached hydrogen (secondary N) is 2. The van der Waals surface area contributed by atoms with Gasteiger partial charge in [-0.05, 0) is 11.6 Å². The molecule has 4 aromatic rings. The van der Waals surface area contributed by atoms with E-state index in [2.05, 4.69) is 20.5 Å². The Balaban J connectivity index is 1.80. The average Bonchev–Trinajstić information content (AvgIpc) is 3.04. The second-order valence-electron chi connectivity index (χ2n) is 6.20. The highest BCUT2D eigenvalue weighted by Gasteiger charge is 2.27. The number of nitrogens with zero attached hydrogens (tertiary/aromatic N) is 3. The van der Waals surface area contributed by atoms with Gasteiger partial charge in [-0.15, -0.1) is 5.10 Å². The normalized spacial score (nSPS) is 15.2. The minimum Gasteiger partial charge on any atom is -0.374 e. The van der Waals surface area contributed by atoms with Crippen LogP contribution in [-0.2, 0) is 0 Å². The highest BCUT2D eigenvalue weighted by atomic mass is 16.6. The number of nitro groups is 1. The van der Waals surface area contributed by atoms with E-state index in [0.717, 1.165) is 33.3 Å². The molecule has 1 atom stereocenters. The van der Waals surface area contributed by atoms with Gasteiger partial charge in [0.05, 0.1) is 17.2 Å². The van der Waals surface area contributed by atoms with Crippen LogP contribution < -0.4 is 5.32 Å². The van der Waals surface area contributed by atoms with E-state index in [1.165, 1.54) is 6.07 Å². The number of H-pyrrole nitrogens is 1. The van der Waals surface area contributed by atoms with E-state index in [0.29, 0.717) is 5.65 Å². The zero-order chi connectivity index (χ0) is 17.7. The van der Waals surface area contributed by atoms with Crippen molar-refractivity contribution in [1.82, 2.24) is 15.2 Å². The summed E-state index contributed by atoms with van der Waals surface area (Å²) in [5.74, 6) is 0. The van der Waals surface area contributed by atoms with E-state index in [1.54, 1.807) is 18.3 Å². The van der Waals surface area contributed by atoms with Crippen LogP contribution in [0, 0.1) is 10.1 Å². The van der Waals surface area contributed by atoms with Gasteiger partial charge in [0.25, 0.3) is 5.69 Å². The monoisotopic (exact) mass is 343 g/mol. The molecule has 5 rings (SSSR count). The molecule has 2 aromatic heterocycles. The number of aromatic nitrogens is 3. The molecule has 0 saturated carbocycles. The zero-order valence-electron chi connectivity index (χ0n) is 13.5. The molecule has 26 heavy (non-hydrogen) atoms. The van der Waals surface area contributed by atoms with Crippen LogP contribution in [0.15, 0.2) is 60.9 Å². The Labute approximate surface area is 147 Å². The number of benzene rings is 2. The van der Waals surface area contributed by atoms with E-state index >= 15 is 0 Å². The molecule has 0 saturated heterocycles. The number of rotatable bonds is 2. The summed E-state index contributed by atoms with van der Waals surface area (Å²) in [4.78, 5) is 14.0. The highest BCUT2D eigenvalue weighted by molar-refractivity contribution is 6.00. The van der Waals surface area contributed by atoms with Gasteiger partial charge in [-0.2, -0.15) is 5.10 Å². The van der Waals surface area contributed by atoms with Crippen molar-refractivity contribution in [2.24, 2.45) is 0 Å². The summed E-state index contributed by atoms with van der Waals surface area (Å²) >= 11 is 0. The summed E-state index contributed by atoms with van der Waals surface area (Å²) in [6.07, 6.45) is 3.65. The van der Waals surface area contributed by atoms with Crippen LogP contribution in [0.5, 0.6) is 0 Å². The maximum absolute atomic E-state index is 11.2. The van der Waals surface area contributed by atoms with Gasteiger partial charge in [-0.1, -0.05) is 30.3 Å². The third kappa shape index (κ3) is 2.07. The average molecular weight is 343 g/mol. The number of para-hydroxylation sites is 1. The fourth-order valence-corrected chi connectivity index (χ4v) is 3.59. The van der Waals surface area contributed by atoms with Crippen molar-refractivity contribution in [3.05, 3.63) is 82.2 Å². The zero-order valence-corrected chi connectivity index (χ0v) is 13.5. The van der Waals surface area contributed by atoms with E-state index in [1.807, 2.05) is 36.5 Å². The lowest BCUT2D eigenvalue weighted by molar-refractivity contribution is -0.384. The molecular formula is C19H13N5O2. The van der Waals surface area contributed by atoms with Crippen LogP contribution >= 0.6 is 0 Å². The van der Waals surface area contributed by atoms with E-state index < -0.39 is 0 Å². The van der Waals surface area contributed by atoms with Crippen molar-refractivity contribution in [1.29, 1.82) is 0 Å². The third-order valence-electron chi connectivity index (χ3n) is 4.75. The number of fused-ring (bicyclic) bond motifs is 2. The number of anilines is 1. The molecule has 2 N–H and O–H groups in total. The Morgan fingerprint density at radius 3 is 2.85 bits per heavy atom. The smallest absolute Gasteiger partial charge is 0.269 e. The Morgan fingerprint density at radius 1 is 1.08 bits per heavy atom. The van der Waals surface area contributed by atoms with Crippen LogP contribution in [-0.4, -0.2) is 20.1 Å². The van der Waals surface area contributed by atoms with Gasteiger partial charge in [0.15, 0.2) is 5.65 Å². The van der Waals surface area contributed by atoms with Gasteiger partial charge in [-0.25, -0.2) is 0 Å². The van der Waals surface area contributed by atoms with Crippen LogP contribution in [0.2, 0.25) is 0 Å². The predicted molar refractivity (Wildman–Crippen MR) is 97.9 cm³/mol. The molecular weight excluding hydrogens is 330 g/mol. The Morgan fingerprint density at radius 2 is 1.96 bits per heavy atom. The molecule has 1 aliphatic rings. The fourth-order valence-electron chi connectivity index (χ4n) is 3.59. The van der Waals surface area contributed by atoms with Crippen molar-refractivity contribution in [3.63, 3.8) is 0 Å². The summed E-state index contributed by atoms with van der Waals surface area (Å²) < 4.78 is 0. The molecule has 3 heterocycles. The first-order chi connectivity index (χ1) is 12.7. The maximum atomic E-state index is 11.2. The number of non-ortho nitro benzene ring substituents is 1. The first-order valence-corrected chi connectivity index (χ1v) is 8.15. The summed E-state index contributed by atoms with van der Waals surface area (Å²) in [7, 11) is 0. The van der Waals surface area contributed by atoms with Gasteiger partial charge in [0, 0.05) is 46.1 Å². The molecule has 2 aromatic carbocycles. The molecule has 1 unspecified atom stereocenters. The quantitative estimate of drug-likeness (QED) is 0.423. The van der Waals surface area contributed by atoms with Gasteiger partial charge in [0.2, 0.25) is 0 Å². The summed E-state index contributed by atoms with van der Waals surface area (Å²) in [5, 5.41) is 24.0. The lowest BCUT2D eigenvalue weighted by Gasteiger charge is -2.19. The lowest BCUT2D eigenvalue weighted by Crippen LogP contribution is -2.11. The first-order valence-electron chi connectivity index (χ1n) is 8.15. The fraction of sp³-hybridized carbons (Fsp3) is 0.0526. The predicted octanol–water partition coefficient (Wildman–Crippen LogP) is 4.05. The van der Waals surface area contributed by atoms with Crippen LogP contribution in [0.1, 0.15) is 17.2 Å². The Kier molecular flexibility index (Phi) is 3.02. The van der Waals surface area contributed by atoms with E-state index in [4.69, 9.17) is 0 Å². The number of aromatic amines is 1. The standard InChI is InChI=1S/C19H13N5O2/c25-24(26)12-5-3-4-11(8-12)18-15-9-20-19-17(15)14(10-21-23-19)13-6-1-2-7-16(13)22-18/h1-10,18,22H,(H,20,23). The van der Waals surface area contributed by atoms with Gasteiger partial charge < -0.3 is 10.3 Å². The number of hydrogen-bond acceptors (Lipinski definition) is 5. The largest absolute Gasteiger partial charge is 0.374 e. The summed E-state index contributed by atoms with van der Waals surface area (Å²) in [5.41, 5.74) is 5.55. The molecule has 0 bridgehead atoms. The molecule has 126 valence electrons. The number of nitro benzene ring substituents is 1. The maximum Gasteiger partial charge on any atom is 0.269 e. The SMILES string of the molecule is O=[N+]([O-])c1cccc(C2Nc3ccccc3-c3cnnc4[nH]cc2c34)c1. The highest BCUT2D eigenvalue weighted by Crippen LogP contribution is 2.43. The molecule has 0 fully saturated rings. The lowest BCUT2D eigenvalue weighted by atomic mass is 9.97.